The minimum absolute atomic E-state index is 0.174. The van der Waals surface area contributed by atoms with Crippen molar-refractivity contribution in [2.24, 2.45) is 14.1 Å². The zero-order valence-electron chi connectivity index (χ0n) is 19.7. The van der Waals surface area contributed by atoms with Crippen molar-refractivity contribution in [1.29, 1.82) is 0 Å². The lowest BCUT2D eigenvalue weighted by atomic mass is 10.2. The molecule has 178 valence electrons. The van der Waals surface area contributed by atoms with Crippen LogP contribution in [-0.4, -0.2) is 31.0 Å². The second kappa shape index (κ2) is 9.71. The molecule has 0 amide bonds. The van der Waals surface area contributed by atoms with Gasteiger partial charge in [-0.3, -0.25) is 0 Å². The molecule has 0 bridgehead atoms. The smallest absolute Gasteiger partial charge is 0.379 e. The summed E-state index contributed by atoms with van der Waals surface area (Å²) in [5.74, 6) is -0.238. The van der Waals surface area contributed by atoms with Gasteiger partial charge in [-0.2, -0.15) is 0 Å². The Labute approximate surface area is 207 Å². The number of rotatable bonds is 6. The summed E-state index contributed by atoms with van der Waals surface area (Å²) in [7, 11) is 3.47. The number of hydrogen-bond acceptors (Lipinski definition) is 6. The molecule has 8 heteroatoms. The fourth-order valence-electron chi connectivity index (χ4n) is 3.69. The maximum Gasteiger partial charge on any atom is 0.379 e. The predicted octanol–water partition coefficient (Wildman–Crippen LogP) is 4.93. The van der Waals surface area contributed by atoms with Crippen LogP contribution in [0.3, 0.4) is 0 Å². The number of esters is 2. The lowest BCUT2D eigenvalue weighted by Gasteiger charge is -2.06. The molecule has 5 aromatic rings. The zero-order valence-corrected chi connectivity index (χ0v) is 19.7. The first kappa shape index (κ1) is 22.8. The highest BCUT2D eigenvalue weighted by Gasteiger charge is 2.19. The summed E-state index contributed by atoms with van der Waals surface area (Å²) in [6, 6.07) is 25.4. The number of benzene rings is 3. The quantitative estimate of drug-likeness (QED) is 0.254. The first-order valence-electron chi connectivity index (χ1n) is 11.2. The van der Waals surface area contributed by atoms with Crippen LogP contribution in [0, 0.1) is 0 Å². The van der Waals surface area contributed by atoms with Crippen LogP contribution in [0.15, 0.2) is 97.3 Å². The first-order chi connectivity index (χ1) is 17.5. The molecule has 0 atom stereocenters. The number of imidazole rings is 2. The van der Waals surface area contributed by atoms with Crippen LogP contribution in [-0.2, 0) is 14.1 Å². The van der Waals surface area contributed by atoms with Crippen LogP contribution in [0.1, 0.15) is 21.2 Å². The SMILES string of the molecule is Cn1cc(-c2ccccc2)nc1C(=O)Oc1ccc(OC(=O)c2nc(-c3ccccc3)cn2C)cc1. The molecule has 8 nitrogen and oxygen atoms in total. The second-order valence-electron chi connectivity index (χ2n) is 8.10. The third-order valence-electron chi connectivity index (χ3n) is 5.50. The maximum atomic E-state index is 12.7. The Morgan fingerprint density at radius 2 is 0.944 bits per heavy atom. The van der Waals surface area contributed by atoms with Crippen LogP contribution >= 0.6 is 0 Å². The summed E-state index contributed by atoms with van der Waals surface area (Å²) in [6.07, 6.45) is 3.55. The zero-order chi connectivity index (χ0) is 25.1. The predicted molar refractivity (Wildman–Crippen MR) is 134 cm³/mol. The molecule has 0 unspecified atom stereocenters. The molecule has 2 aromatic heterocycles. The highest BCUT2D eigenvalue weighted by Crippen LogP contribution is 2.23. The Bertz CT molecular complexity index is 1400. The molecular formula is C28H22N4O4. The molecule has 0 radical (unpaired) electrons. The van der Waals surface area contributed by atoms with E-state index in [-0.39, 0.29) is 11.6 Å². The molecule has 36 heavy (non-hydrogen) atoms. The number of ether oxygens (including phenoxy) is 2. The van der Waals surface area contributed by atoms with Gasteiger partial charge < -0.3 is 18.6 Å². The number of carbonyl (C=O) groups excluding carboxylic acids is 2. The molecule has 5 rings (SSSR count). The Morgan fingerprint density at radius 1 is 0.583 bits per heavy atom. The Kier molecular flexibility index (Phi) is 6.15. The van der Waals surface area contributed by atoms with Crippen LogP contribution in [0.5, 0.6) is 11.5 Å². The van der Waals surface area contributed by atoms with E-state index in [4.69, 9.17) is 9.47 Å². The third-order valence-corrected chi connectivity index (χ3v) is 5.50. The Hall–Kier alpha value is -4.98. The van der Waals surface area contributed by atoms with Gasteiger partial charge in [-0.1, -0.05) is 60.7 Å². The van der Waals surface area contributed by atoms with E-state index in [1.807, 2.05) is 60.7 Å². The normalized spacial score (nSPS) is 10.7. The van der Waals surface area contributed by atoms with Gasteiger partial charge in [0.1, 0.15) is 11.5 Å². The van der Waals surface area contributed by atoms with Crippen molar-refractivity contribution >= 4 is 11.9 Å². The van der Waals surface area contributed by atoms with Gasteiger partial charge in [0.2, 0.25) is 11.6 Å². The monoisotopic (exact) mass is 478 g/mol. The van der Waals surface area contributed by atoms with Crippen LogP contribution in [0.4, 0.5) is 0 Å². The highest BCUT2D eigenvalue weighted by molar-refractivity contribution is 5.89. The van der Waals surface area contributed by atoms with Crippen molar-refractivity contribution in [2.75, 3.05) is 0 Å². The second-order valence-corrected chi connectivity index (χ2v) is 8.10. The first-order valence-corrected chi connectivity index (χ1v) is 11.2. The Morgan fingerprint density at radius 3 is 1.31 bits per heavy atom. The van der Waals surface area contributed by atoms with Crippen LogP contribution in [0.2, 0.25) is 0 Å². The molecule has 0 aliphatic carbocycles. The van der Waals surface area contributed by atoms with E-state index < -0.39 is 11.9 Å². The maximum absolute atomic E-state index is 12.7. The minimum atomic E-state index is -0.592. The average Bonchev–Trinajstić information content (AvgIpc) is 3.49. The van der Waals surface area contributed by atoms with Gasteiger partial charge in [0.25, 0.3) is 0 Å². The topological polar surface area (TPSA) is 88.2 Å². The lowest BCUT2D eigenvalue weighted by Crippen LogP contribution is -2.15. The van der Waals surface area contributed by atoms with Gasteiger partial charge in [0, 0.05) is 37.6 Å². The Balaban J connectivity index is 1.25. The van der Waals surface area contributed by atoms with Crippen LogP contribution in [0.25, 0.3) is 22.5 Å². The number of aromatic nitrogens is 4. The third kappa shape index (κ3) is 4.78. The number of carbonyl (C=O) groups is 2. The van der Waals surface area contributed by atoms with E-state index in [9.17, 15) is 9.59 Å². The molecule has 0 spiro atoms. The molecule has 2 heterocycles. The molecule has 3 aromatic carbocycles. The largest absolute Gasteiger partial charge is 0.421 e. The van der Waals surface area contributed by atoms with Crippen molar-refractivity contribution in [3.8, 4) is 34.0 Å². The number of nitrogens with zero attached hydrogens (tertiary/aromatic N) is 4. The number of aryl methyl sites for hydroxylation is 2. The van der Waals surface area contributed by atoms with Gasteiger partial charge in [-0.25, -0.2) is 19.6 Å². The van der Waals surface area contributed by atoms with Gasteiger partial charge >= 0.3 is 11.9 Å². The van der Waals surface area contributed by atoms with Gasteiger partial charge in [0.15, 0.2) is 0 Å². The van der Waals surface area contributed by atoms with E-state index in [0.717, 1.165) is 11.1 Å². The van der Waals surface area contributed by atoms with Gasteiger partial charge in [0.05, 0.1) is 11.4 Å². The summed E-state index contributed by atoms with van der Waals surface area (Å²) in [5, 5.41) is 0. The summed E-state index contributed by atoms with van der Waals surface area (Å²) in [6.45, 7) is 0. The van der Waals surface area contributed by atoms with E-state index in [2.05, 4.69) is 9.97 Å². The summed E-state index contributed by atoms with van der Waals surface area (Å²) in [5.41, 5.74) is 3.16. The molecule has 0 saturated heterocycles. The van der Waals surface area contributed by atoms with Gasteiger partial charge in [-0.05, 0) is 24.3 Å². The van der Waals surface area contributed by atoms with Crippen molar-refractivity contribution < 1.29 is 19.1 Å². The summed E-state index contributed by atoms with van der Waals surface area (Å²) in [4.78, 5) is 34.2. The van der Waals surface area contributed by atoms with Crippen molar-refractivity contribution in [2.45, 2.75) is 0 Å². The minimum Gasteiger partial charge on any atom is -0.421 e. The standard InChI is InChI=1S/C28H22N4O4/c1-31-17-23(19-9-5-3-6-10-19)29-25(31)27(33)35-21-13-15-22(16-14-21)36-28(34)26-30-24(18-32(26)2)20-11-7-4-8-12-20/h3-18H,1-2H3. The molecule has 0 saturated carbocycles. The van der Waals surface area contributed by atoms with E-state index in [0.29, 0.717) is 22.9 Å². The van der Waals surface area contributed by atoms with Crippen molar-refractivity contribution in [3.05, 3.63) is 109 Å². The van der Waals surface area contributed by atoms with Crippen molar-refractivity contribution in [1.82, 2.24) is 19.1 Å². The molecular weight excluding hydrogens is 456 g/mol. The number of hydrogen-bond donors (Lipinski definition) is 0. The van der Waals surface area contributed by atoms with Crippen molar-refractivity contribution in [3.63, 3.8) is 0 Å². The lowest BCUT2D eigenvalue weighted by molar-refractivity contribution is 0.0703. The molecule has 0 aliphatic heterocycles. The fourth-order valence-corrected chi connectivity index (χ4v) is 3.69. The van der Waals surface area contributed by atoms with E-state index >= 15 is 0 Å². The molecule has 0 fully saturated rings. The fraction of sp³-hybridized carbons (Fsp3) is 0.0714. The summed E-state index contributed by atoms with van der Waals surface area (Å²) < 4.78 is 14.2. The van der Waals surface area contributed by atoms with E-state index in [1.165, 1.54) is 0 Å². The average molecular weight is 479 g/mol. The molecule has 0 N–H and O–H groups in total. The molecule has 0 aliphatic rings. The highest BCUT2D eigenvalue weighted by atomic mass is 16.5. The summed E-state index contributed by atoms with van der Waals surface area (Å²) >= 11 is 0. The van der Waals surface area contributed by atoms with Crippen LogP contribution < -0.4 is 9.47 Å². The van der Waals surface area contributed by atoms with E-state index in [1.54, 1.807) is 59.9 Å². The van der Waals surface area contributed by atoms with Gasteiger partial charge in [-0.15, -0.1) is 0 Å².